The predicted molar refractivity (Wildman–Crippen MR) is 69.1 cm³/mol. The van der Waals surface area contributed by atoms with Crippen molar-refractivity contribution < 1.29 is 9.32 Å². The van der Waals surface area contributed by atoms with Crippen molar-refractivity contribution in [2.45, 2.75) is 13.5 Å². The minimum absolute atomic E-state index is 0.159. The fourth-order valence-electron chi connectivity index (χ4n) is 1.43. The quantitative estimate of drug-likeness (QED) is 0.874. The summed E-state index contributed by atoms with van der Waals surface area (Å²) in [5.41, 5.74) is 1.80. The topological polar surface area (TPSA) is 46.3 Å². The number of nitrogens with zero attached hydrogens (tertiary/aromatic N) is 2. The Morgan fingerprint density at radius 3 is 2.88 bits per heavy atom. The van der Waals surface area contributed by atoms with E-state index in [2.05, 4.69) is 21.1 Å². The average molecular weight is 315 g/mol. The Morgan fingerprint density at radius 1 is 1.59 bits per heavy atom. The van der Waals surface area contributed by atoms with Crippen molar-refractivity contribution in [3.8, 4) is 0 Å². The molecule has 6 heteroatoms. The average Bonchev–Trinajstić information content (AvgIpc) is 2.87. The number of amides is 1. The first-order valence-corrected chi connectivity index (χ1v) is 6.65. The van der Waals surface area contributed by atoms with Crippen LogP contribution in [0.3, 0.4) is 0 Å². The first-order valence-electron chi connectivity index (χ1n) is 4.98. The van der Waals surface area contributed by atoms with E-state index >= 15 is 0 Å². The van der Waals surface area contributed by atoms with E-state index in [1.165, 1.54) is 0 Å². The predicted octanol–water partition coefficient (Wildman–Crippen LogP) is 3.08. The van der Waals surface area contributed by atoms with Gasteiger partial charge in [0.15, 0.2) is 0 Å². The van der Waals surface area contributed by atoms with E-state index in [0.29, 0.717) is 12.2 Å². The van der Waals surface area contributed by atoms with Gasteiger partial charge in [-0.05, 0) is 39.9 Å². The minimum Gasteiger partial charge on any atom is -0.351 e. The lowest BCUT2D eigenvalue weighted by Gasteiger charge is -2.13. The third-order valence-corrected chi connectivity index (χ3v) is 3.78. The van der Waals surface area contributed by atoms with E-state index < -0.39 is 0 Å². The van der Waals surface area contributed by atoms with Crippen LogP contribution in [-0.2, 0) is 6.54 Å². The molecule has 1 amide bonds. The summed E-state index contributed by atoms with van der Waals surface area (Å²) in [6, 6.07) is 3.64. The second-order valence-corrected chi connectivity index (χ2v) is 6.04. The second-order valence-electron chi connectivity index (χ2n) is 3.75. The summed E-state index contributed by atoms with van der Waals surface area (Å²) in [6.07, 6.45) is 0. The van der Waals surface area contributed by atoms with Crippen LogP contribution in [0.2, 0.25) is 0 Å². The molecule has 90 valence electrons. The van der Waals surface area contributed by atoms with E-state index in [9.17, 15) is 4.79 Å². The highest BCUT2D eigenvalue weighted by Crippen LogP contribution is 2.21. The fourth-order valence-corrected chi connectivity index (χ4v) is 2.63. The monoisotopic (exact) mass is 314 g/mol. The zero-order chi connectivity index (χ0) is 12.4. The lowest BCUT2D eigenvalue weighted by molar-refractivity contribution is 0.0743. The van der Waals surface area contributed by atoms with Crippen molar-refractivity contribution in [3.05, 3.63) is 38.3 Å². The van der Waals surface area contributed by atoms with E-state index in [0.717, 1.165) is 9.35 Å². The molecule has 0 fully saturated rings. The molecule has 17 heavy (non-hydrogen) atoms. The molecular weight excluding hydrogens is 304 g/mol. The summed E-state index contributed by atoms with van der Waals surface area (Å²) >= 11 is 4.99. The Bertz CT molecular complexity index is 535. The lowest BCUT2D eigenvalue weighted by Crippen LogP contribution is -2.25. The van der Waals surface area contributed by atoms with E-state index in [-0.39, 0.29) is 11.7 Å². The molecule has 0 bridgehead atoms. The van der Waals surface area contributed by atoms with Crippen molar-refractivity contribution in [1.29, 1.82) is 0 Å². The normalized spacial score (nSPS) is 10.5. The standard InChI is InChI=1S/C11H11BrN2O2S/c1-7-3-9(16-13-7)11(15)14(2)5-8-4-10(12)17-6-8/h3-4,6H,5H2,1-2H3. The van der Waals surface area contributed by atoms with Gasteiger partial charge in [0, 0.05) is 19.7 Å². The molecule has 2 heterocycles. The Labute approximate surface area is 111 Å². The van der Waals surface area contributed by atoms with Gasteiger partial charge < -0.3 is 9.42 Å². The van der Waals surface area contributed by atoms with Crippen LogP contribution in [0.25, 0.3) is 0 Å². The zero-order valence-electron chi connectivity index (χ0n) is 9.44. The lowest BCUT2D eigenvalue weighted by atomic mass is 10.3. The van der Waals surface area contributed by atoms with Crippen LogP contribution in [0, 0.1) is 6.92 Å². The van der Waals surface area contributed by atoms with Gasteiger partial charge in [0.25, 0.3) is 5.91 Å². The maximum Gasteiger partial charge on any atom is 0.292 e. The zero-order valence-corrected chi connectivity index (χ0v) is 11.8. The Hall–Kier alpha value is -1.14. The van der Waals surface area contributed by atoms with Gasteiger partial charge in [0.05, 0.1) is 9.48 Å². The van der Waals surface area contributed by atoms with Gasteiger partial charge in [-0.1, -0.05) is 5.16 Å². The van der Waals surface area contributed by atoms with Crippen LogP contribution in [0.4, 0.5) is 0 Å². The van der Waals surface area contributed by atoms with Crippen LogP contribution in [0.5, 0.6) is 0 Å². The van der Waals surface area contributed by atoms with E-state index in [1.54, 1.807) is 36.3 Å². The Morgan fingerprint density at radius 2 is 2.35 bits per heavy atom. The number of hydrogen-bond acceptors (Lipinski definition) is 4. The largest absolute Gasteiger partial charge is 0.351 e. The molecule has 0 saturated carbocycles. The minimum atomic E-state index is -0.159. The van der Waals surface area contributed by atoms with Crippen molar-refractivity contribution in [3.63, 3.8) is 0 Å². The molecule has 2 aromatic heterocycles. The van der Waals surface area contributed by atoms with Crippen molar-refractivity contribution in [1.82, 2.24) is 10.1 Å². The van der Waals surface area contributed by atoms with Gasteiger partial charge in [0.2, 0.25) is 5.76 Å². The number of thiophene rings is 1. The van der Waals surface area contributed by atoms with E-state index in [1.807, 2.05) is 11.4 Å². The smallest absolute Gasteiger partial charge is 0.292 e. The molecule has 0 N–H and O–H groups in total. The molecule has 0 atom stereocenters. The number of halogens is 1. The first kappa shape index (κ1) is 12.3. The number of hydrogen-bond donors (Lipinski definition) is 0. The van der Waals surface area contributed by atoms with Gasteiger partial charge in [-0.2, -0.15) is 0 Å². The number of carbonyl (C=O) groups is 1. The summed E-state index contributed by atoms with van der Waals surface area (Å²) in [4.78, 5) is 13.6. The molecule has 0 spiro atoms. The van der Waals surface area contributed by atoms with Gasteiger partial charge in [-0.15, -0.1) is 11.3 Å². The summed E-state index contributed by atoms with van der Waals surface area (Å²) in [5.74, 6) is 0.118. The molecule has 4 nitrogen and oxygen atoms in total. The number of rotatable bonds is 3. The highest BCUT2D eigenvalue weighted by Gasteiger charge is 2.17. The highest BCUT2D eigenvalue weighted by molar-refractivity contribution is 9.11. The molecule has 2 aromatic rings. The number of aromatic nitrogens is 1. The molecular formula is C11H11BrN2O2S. The summed E-state index contributed by atoms with van der Waals surface area (Å²) in [6.45, 7) is 2.34. The third kappa shape index (κ3) is 2.95. The Balaban J connectivity index is 2.05. The maximum atomic E-state index is 12.0. The van der Waals surface area contributed by atoms with Crippen LogP contribution in [0.15, 0.2) is 25.8 Å². The number of carbonyl (C=O) groups excluding carboxylic acids is 1. The van der Waals surface area contributed by atoms with Gasteiger partial charge in [0.1, 0.15) is 0 Å². The molecule has 0 aromatic carbocycles. The first-order chi connectivity index (χ1) is 8.06. The van der Waals surface area contributed by atoms with Crippen LogP contribution >= 0.6 is 27.3 Å². The Kier molecular flexibility index (Phi) is 3.63. The molecule has 2 rings (SSSR count). The molecule has 0 unspecified atom stereocenters. The summed E-state index contributed by atoms with van der Waals surface area (Å²) < 4.78 is 6.00. The van der Waals surface area contributed by atoms with Crippen LogP contribution in [0.1, 0.15) is 21.8 Å². The molecule has 0 saturated heterocycles. The van der Waals surface area contributed by atoms with Gasteiger partial charge in [-0.3, -0.25) is 4.79 Å². The van der Waals surface area contributed by atoms with Gasteiger partial charge in [-0.25, -0.2) is 0 Å². The molecule has 0 aliphatic carbocycles. The third-order valence-electron chi connectivity index (χ3n) is 2.23. The van der Waals surface area contributed by atoms with Crippen LogP contribution < -0.4 is 0 Å². The van der Waals surface area contributed by atoms with E-state index in [4.69, 9.17) is 4.52 Å². The second kappa shape index (κ2) is 5.01. The molecule has 0 aliphatic rings. The van der Waals surface area contributed by atoms with Crippen LogP contribution in [-0.4, -0.2) is 23.0 Å². The molecule has 0 aliphatic heterocycles. The fraction of sp³-hybridized carbons (Fsp3) is 0.273. The maximum absolute atomic E-state index is 12.0. The summed E-state index contributed by atoms with van der Waals surface area (Å²) in [7, 11) is 1.74. The van der Waals surface area contributed by atoms with Gasteiger partial charge >= 0.3 is 0 Å². The van der Waals surface area contributed by atoms with Crippen molar-refractivity contribution in [2.24, 2.45) is 0 Å². The van der Waals surface area contributed by atoms with Crippen molar-refractivity contribution in [2.75, 3.05) is 7.05 Å². The van der Waals surface area contributed by atoms with Crippen molar-refractivity contribution >= 4 is 33.2 Å². The number of aryl methyl sites for hydroxylation is 1. The highest BCUT2D eigenvalue weighted by atomic mass is 79.9. The SMILES string of the molecule is Cc1cc(C(=O)N(C)Cc2csc(Br)c2)on1. The summed E-state index contributed by atoms with van der Waals surface area (Å²) in [5, 5.41) is 5.72. The molecule has 0 radical (unpaired) electrons.